The Morgan fingerprint density at radius 1 is 1.16 bits per heavy atom. The van der Waals surface area contributed by atoms with Gasteiger partial charge in [-0.05, 0) is 49.1 Å². The van der Waals surface area contributed by atoms with Crippen molar-refractivity contribution in [3.8, 4) is 0 Å². The molecule has 1 N–H and O–H groups in total. The molecule has 0 aliphatic heterocycles. The predicted molar refractivity (Wildman–Crippen MR) is 80.2 cm³/mol. The van der Waals surface area contributed by atoms with Gasteiger partial charge in [0.2, 0.25) is 0 Å². The molecule has 19 heavy (non-hydrogen) atoms. The highest BCUT2D eigenvalue weighted by molar-refractivity contribution is 5.25. The number of nitrogens with one attached hydrogen (secondary N) is 1. The van der Waals surface area contributed by atoms with Crippen LogP contribution in [0.3, 0.4) is 0 Å². The minimum atomic E-state index is 0.388. The summed E-state index contributed by atoms with van der Waals surface area (Å²) >= 11 is 0. The molecule has 0 amide bonds. The average molecular weight is 254 g/mol. The van der Waals surface area contributed by atoms with Crippen LogP contribution in [-0.2, 0) is 6.42 Å². The molecular formula is C17H22N2. The topological polar surface area (TPSA) is 24.9 Å². The van der Waals surface area contributed by atoms with Crippen LogP contribution >= 0.6 is 0 Å². The van der Waals surface area contributed by atoms with Crippen molar-refractivity contribution in [1.82, 2.24) is 10.3 Å². The minimum absolute atomic E-state index is 0.388. The fraction of sp³-hybridized carbons (Fsp3) is 0.353. The van der Waals surface area contributed by atoms with Crippen LogP contribution in [0, 0.1) is 6.92 Å². The molecule has 1 unspecified atom stereocenters. The first-order chi connectivity index (χ1) is 9.31. The van der Waals surface area contributed by atoms with Gasteiger partial charge < -0.3 is 5.32 Å². The first-order valence-corrected chi connectivity index (χ1v) is 6.99. The van der Waals surface area contributed by atoms with E-state index in [9.17, 15) is 0 Å². The third kappa shape index (κ3) is 3.90. The number of hydrogen-bond donors (Lipinski definition) is 1. The second-order valence-corrected chi connectivity index (χ2v) is 4.87. The van der Waals surface area contributed by atoms with E-state index in [-0.39, 0.29) is 0 Å². The van der Waals surface area contributed by atoms with Crippen LogP contribution in [-0.4, -0.2) is 11.5 Å². The van der Waals surface area contributed by atoms with Gasteiger partial charge in [-0.15, -0.1) is 0 Å². The normalized spacial score (nSPS) is 12.3. The van der Waals surface area contributed by atoms with Crippen LogP contribution in [0.2, 0.25) is 0 Å². The molecule has 0 spiro atoms. The summed E-state index contributed by atoms with van der Waals surface area (Å²) in [6, 6.07) is 13.1. The van der Waals surface area contributed by atoms with E-state index in [2.05, 4.69) is 60.5 Å². The Kier molecular flexibility index (Phi) is 5.10. The fourth-order valence-electron chi connectivity index (χ4n) is 2.41. The van der Waals surface area contributed by atoms with Crippen LogP contribution < -0.4 is 5.32 Å². The molecule has 2 aromatic rings. The Morgan fingerprint density at radius 3 is 2.63 bits per heavy atom. The Morgan fingerprint density at radius 2 is 1.95 bits per heavy atom. The second-order valence-electron chi connectivity index (χ2n) is 4.87. The molecule has 2 nitrogen and oxygen atoms in total. The summed E-state index contributed by atoms with van der Waals surface area (Å²) in [7, 11) is 0. The smallest absolute Gasteiger partial charge is 0.0341 e. The summed E-state index contributed by atoms with van der Waals surface area (Å²) in [5.74, 6) is 0. The van der Waals surface area contributed by atoms with Crippen LogP contribution in [0.4, 0.5) is 0 Å². The van der Waals surface area contributed by atoms with Crippen molar-refractivity contribution < 1.29 is 0 Å². The zero-order valence-electron chi connectivity index (χ0n) is 11.8. The Hall–Kier alpha value is -1.67. The van der Waals surface area contributed by atoms with Crippen LogP contribution in [0.5, 0.6) is 0 Å². The lowest BCUT2D eigenvalue weighted by molar-refractivity contribution is 0.512. The number of aryl methyl sites for hydroxylation is 2. The number of benzene rings is 1. The molecule has 0 bridgehead atoms. The third-order valence-corrected chi connectivity index (χ3v) is 3.47. The van der Waals surface area contributed by atoms with Gasteiger partial charge in [0.15, 0.2) is 0 Å². The summed E-state index contributed by atoms with van der Waals surface area (Å²) in [4.78, 5) is 4.26. The Labute approximate surface area is 115 Å². The van der Waals surface area contributed by atoms with E-state index in [0.29, 0.717) is 6.04 Å². The molecule has 0 saturated heterocycles. The molecule has 1 aromatic carbocycles. The van der Waals surface area contributed by atoms with Gasteiger partial charge >= 0.3 is 0 Å². The highest BCUT2D eigenvalue weighted by Gasteiger charge is 2.12. The van der Waals surface area contributed by atoms with Gasteiger partial charge in [0.25, 0.3) is 0 Å². The molecule has 100 valence electrons. The summed E-state index contributed by atoms with van der Waals surface area (Å²) in [6.45, 7) is 5.29. The Bertz CT molecular complexity index is 494. The van der Waals surface area contributed by atoms with Crippen molar-refractivity contribution in [2.75, 3.05) is 6.54 Å². The van der Waals surface area contributed by atoms with E-state index in [1.165, 1.54) is 16.7 Å². The van der Waals surface area contributed by atoms with Gasteiger partial charge in [0.05, 0.1) is 0 Å². The van der Waals surface area contributed by atoms with E-state index in [1.807, 2.05) is 12.4 Å². The zero-order valence-corrected chi connectivity index (χ0v) is 11.8. The summed E-state index contributed by atoms with van der Waals surface area (Å²) in [6.07, 6.45) is 6.05. The molecule has 0 aliphatic carbocycles. The van der Waals surface area contributed by atoms with E-state index in [1.54, 1.807) is 0 Å². The molecule has 0 aliphatic rings. The van der Waals surface area contributed by atoms with Gasteiger partial charge in [-0.2, -0.15) is 0 Å². The third-order valence-electron chi connectivity index (χ3n) is 3.47. The van der Waals surface area contributed by atoms with E-state index < -0.39 is 0 Å². The van der Waals surface area contributed by atoms with E-state index in [4.69, 9.17) is 0 Å². The van der Waals surface area contributed by atoms with Gasteiger partial charge in [0.1, 0.15) is 0 Å². The predicted octanol–water partition coefficient (Wildman–Crippen LogP) is 3.67. The molecule has 2 heteroatoms. The zero-order chi connectivity index (χ0) is 13.5. The summed E-state index contributed by atoms with van der Waals surface area (Å²) in [5.41, 5.74) is 4.03. The highest BCUT2D eigenvalue weighted by Crippen LogP contribution is 2.21. The SMILES string of the molecule is CCNC(CCc1ccccc1)c1cnccc1C. The Balaban J connectivity index is 2.07. The lowest BCUT2D eigenvalue weighted by Crippen LogP contribution is -2.22. The summed E-state index contributed by atoms with van der Waals surface area (Å²) < 4.78 is 0. The fourth-order valence-corrected chi connectivity index (χ4v) is 2.41. The molecule has 2 rings (SSSR count). The highest BCUT2D eigenvalue weighted by atomic mass is 14.9. The number of rotatable bonds is 6. The number of nitrogens with zero attached hydrogens (tertiary/aromatic N) is 1. The molecule has 1 heterocycles. The van der Waals surface area contributed by atoms with Crippen LogP contribution in [0.1, 0.15) is 36.1 Å². The van der Waals surface area contributed by atoms with E-state index >= 15 is 0 Å². The quantitative estimate of drug-likeness (QED) is 0.850. The molecule has 1 aromatic heterocycles. The van der Waals surface area contributed by atoms with Crippen LogP contribution in [0.25, 0.3) is 0 Å². The average Bonchev–Trinajstić information content (AvgIpc) is 2.45. The maximum atomic E-state index is 4.26. The van der Waals surface area contributed by atoms with Crippen molar-refractivity contribution in [2.24, 2.45) is 0 Å². The number of pyridine rings is 1. The first-order valence-electron chi connectivity index (χ1n) is 6.99. The van der Waals surface area contributed by atoms with Crippen molar-refractivity contribution in [3.63, 3.8) is 0 Å². The van der Waals surface area contributed by atoms with E-state index in [0.717, 1.165) is 19.4 Å². The minimum Gasteiger partial charge on any atom is -0.310 e. The lowest BCUT2D eigenvalue weighted by atomic mass is 9.97. The van der Waals surface area contributed by atoms with Crippen molar-refractivity contribution >= 4 is 0 Å². The molecular weight excluding hydrogens is 232 g/mol. The molecule has 0 radical (unpaired) electrons. The largest absolute Gasteiger partial charge is 0.310 e. The number of aromatic nitrogens is 1. The maximum absolute atomic E-state index is 4.26. The van der Waals surface area contributed by atoms with Gasteiger partial charge in [-0.1, -0.05) is 37.3 Å². The second kappa shape index (κ2) is 7.05. The monoisotopic (exact) mass is 254 g/mol. The number of hydrogen-bond acceptors (Lipinski definition) is 2. The lowest BCUT2D eigenvalue weighted by Gasteiger charge is -2.20. The molecule has 0 saturated carbocycles. The molecule has 1 atom stereocenters. The molecule has 0 fully saturated rings. The van der Waals surface area contributed by atoms with Gasteiger partial charge in [-0.25, -0.2) is 0 Å². The van der Waals surface area contributed by atoms with Gasteiger partial charge in [0, 0.05) is 18.4 Å². The standard InChI is InChI=1S/C17H22N2/c1-3-19-17(16-13-18-12-11-14(16)2)10-9-15-7-5-4-6-8-15/h4-8,11-13,17,19H,3,9-10H2,1-2H3. The first kappa shape index (κ1) is 13.8. The summed E-state index contributed by atoms with van der Waals surface area (Å²) in [5, 5.41) is 3.57. The van der Waals surface area contributed by atoms with Crippen molar-refractivity contribution in [1.29, 1.82) is 0 Å². The maximum Gasteiger partial charge on any atom is 0.0341 e. The van der Waals surface area contributed by atoms with Gasteiger partial charge in [-0.3, -0.25) is 4.98 Å². The van der Waals surface area contributed by atoms with Crippen molar-refractivity contribution in [2.45, 2.75) is 32.7 Å². The van der Waals surface area contributed by atoms with Crippen LogP contribution in [0.15, 0.2) is 48.8 Å². The van der Waals surface area contributed by atoms with Crippen molar-refractivity contribution in [3.05, 3.63) is 65.5 Å².